The van der Waals surface area contributed by atoms with Crippen LogP contribution in [-0.4, -0.2) is 34.3 Å². The van der Waals surface area contributed by atoms with Gasteiger partial charge in [-0.3, -0.25) is 19.3 Å². The molecule has 3 rings (SSSR count). The largest absolute Gasteiger partial charge is 0.506 e. The Morgan fingerprint density at radius 1 is 0.957 bits per heavy atom. The zero-order chi connectivity index (χ0) is 16.4. The van der Waals surface area contributed by atoms with E-state index in [1.165, 1.54) is 6.07 Å². The number of aromatic hydroxyl groups is 1. The zero-order valence-corrected chi connectivity index (χ0v) is 12.2. The average molecular weight is 310 g/mol. The smallest absolute Gasteiger partial charge is 0.261 e. The quantitative estimate of drug-likeness (QED) is 0.668. The number of fused-ring (bicyclic) bond motifs is 1. The molecule has 2 N–H and O–H groups in total. The van der Waals surface area contributed by atoms with E-state index in [0.717, 1.165) is 4.90 Å². The number of phenols is 1. The fraction of sp³-hybridized carbons (Fsp3) is 0.118. The van der Waals surface area contributed by atoms with Crippen molar-refractivity contribution in [2.75, 3.05) is 11.9 Å². The van der Waals surface area contributed by atoms with Crippen molar-refractivity contribution in [2.24, 2.45) is 0 Å². The molecule has 0 aliphatic carbocycles. The van der Waals surface area contributed by atoms with Crippen LogP contribution in [0.25, 0.3) is 0 Å². The molecule has 0 spiro atoms. The van der Waals surface area contributed by atoms with Gasteiger partial charge >= 0.3 is 0 Å². The van der Waals surface area contributed by atoms with E-state index < -0.39 is 0 Å². The molecule has 1 aliphatic rings. The van der Waals surface area contributed by atoms with Gasteiger partial charge in [0.15, 0.2) is 0 Å². The van der Waals surface area contributed by atoms with E-state index in [4.69, 9.17) is 0 Å². The summed E-state index contributed by atoms with van der Waals surface area (Å²) in [5, 5.41) is 12.2. The summed E-state index contributed by atoms with van der Waals surface area (Å²) in [6.45, 7) is -0.00816. The van der Waals surface area contributed by atoms with Crippen molar-refractivity contribution >= 4 is 23.4 Å². The number of rotatable bonds is 4. The van der Waals surface area contributed by atoms with Crippen LogP contribution in [-0.2, 0) is 4.79 Å². The summed E-state index contributed by atoms with van der Waals surface area (Å²) < 4.78 is 0. The second-order valence-electron chi connectivity index (χ2n) is 5.12. The van der Waals surface area contributed by atoms with Gasteiger partial charge in [0.05, 0.1) is 16.8 Å². The highest BCUT2D eigenvalue weighted by Gasteiger charge is 2.34. The van der Waals surface area contributed by atoms with E-state index in [-0.39, 0.29) is 36.4 Å². The Labute approximate surface area is 132 Å². The molecule has 1 aliphatic heterocycles. The molecule has 23 heavy (non-hydrogen) atoms. The van der Waals surface area contributed by atoms with Crippen molar-refractivity contribution < 1.29 is 19.5 Å². The number of anilines is 1. The normalized spacial score (nSPS) is 13.1. The first-order valence-corrected chi connectivity index (χ1v) is 7.11. The monoisotopic (exact) mass is 310 g/mol. The fourth-order valence-corrected chi connectivity index (χ4v) is 2.45. The van der Waals surface area contributed by atoms with Gasteiger partial charge in [0.2, 0.25) is 5.91 Å². The van der Waals surface area contributed by atoms with Gasteiger partial charge in [0.25, 0.3) is 11.8 Å². The second-order valence-corrected chi connectivity index (χ2v) is 5.12. The number of imide groups is 1. The van der Waals surface area contributed by atoms with Crippen molar-refractivity contribution in [1.82, 2.24) is 4.90 Å². The second kappa shape index (κ2) is 5.92. The topological polar surface area (TPSA) is 86.7 Å². The zero-order valence-electron chi connectivity index (χ0n) is 12.2. The van der Waals surface area contributed by atoms with Gasteiger partial charge in [-0.25, -0.2) is 0 Å². The summed E-state index contributed by atoms with van der Waals surface area (Å²) in [6.07, 6.45) is -0.0419. The van der Waals surface area contributed by atoms with Gasteiger partial charge in [0, 0.05) is 13.0 Å². The maximum Gasteiger partial charge on any atom is 0.261 e. The molecule has 2 aromatic rings. The van der Waals surface area contributed by atoms with Crippen LogP contribution in [0, 0.1) is 0 Å². The highest BCUT2D eigenvalue weighted by Crippen LogP contribution is 2.23. The third-order valence-corrected chi connectivity index (χ3v) is 3.62. The first-order valence-electron chi connectivity index (χ1n) is 7.11. The predicted octanol–water partition coefficient (Wildman–Crippen LogP) is 2.02. The van der Waals surface area contributed by atoms with Gasteiger partial charge in [-0.2, -0.15) is 0 Å². The van der Waals surface area contributed by atoms with E-state index in [9.17, 15) is 19.5 Å². The predicted molar refractivity (Wildman–Crippen MR) is 83.2 cm³/mol. The average Bonchev–Trinajstić information content (AvgIpc) is 2.80. The lowest BCUT2D eigenvalue weighted by Crippen LogP contribution is -2.32. The van der Waals surface area contributed by atoms with E-state index in [1.54, 1.807) is 42.5 Å². The first kappa shape index (κ1) is 14.8. The summed E-state index contributed by atoms with van der Waals surface area (Å²) in [7, 11) is 0. The Morgan fingerprint density at radius 3 is 2.13 bits per heavy atom. The SMILES string of the molecule is O=C(CCN1C(=O)c2ccccc2C1=O)Nc1ccccc1O. The molecule has 0 bridgehead atoms. The van der Waals surface area contributed by atoms with Crippen LogP contribution >= 0.6 is 0 Å². The minimum absolute atomic E-state index is 0.00816. The minimum atomic E-state index is -0.388. The van der Waals surface area contributed by atoms with Gasteiger partial charge in [-0.15, -0.1) is 0 Å². The molecule has 6 heteroatoms. The van der Waals surface area contributed by atoms with Crippen LogP contribution in [0.15, 0.2) is 48.5 Å². The standard InChI is InChI=1S/C17H14N2O4/c20-14-8-4-3-7-13(14)18-15(21)9-10-19-16(22)11-5-1-2-6-12(11)17(19)23/h1-8,20H,9-10H2,(H,18,21). The maximum absolute atomic E-state index is 12.2. The minimum Gasteiger partial charge on any atom is -0.506 e. The van der Waals surface area contributed by atoms with Gasteiger partial charge in [0.1, 0.15) is 5.75 Å². The van der Waals surface area contributed by atoms with Crippen molar-refractivity contribution in [1.29, 1.82) is 0 Å². The van der Waals surface area contributed by atoms with E-state index >= 15 is 0 Å². The number of carbonyl (C=O) groups is 3. The lowest BCUT2D eigenvalue weighted by Gasteiger charge is -2.13. The van der Waals surface area contributed by atoms with Crippen molar-refractivity contribution in [2.45, 2.75) is 6.42 Å². The van der Waals surface area contributed by atoms with Crippen molar-refractivity contribution in [3.63, 3.8) is 0 Å². The van der Waals surface area contributed by atoms with E-state index in [1.807, 2.05) is 0 Å². The number of nitrogens with zero attached hydrogens (tertiary/aromatic N) is 1. The molecule has 3 amide bonds. The highest BCUT2D eigenvalue weighted by atomic mass is 16.3. The number of phenolic OH excluding ortho intramolecular Hbond substituents is 1. The number of benzene rings is 2. The van der Waals surface area contributed by atoms with Crippen molar-refractivity contribution in [3.8, 4) is 5.75 Å². The molecular formula is C17H14N2O4. The molecule has 0 radical (unpaired) electrons. The number of amides is 3. The maximum atomic E-state index is 12.2. The van der Waals surface area contributed by atoms with Crippen LogP contribution in [0.3, 0.4) is 0 Å². The number of para-hydroxylation sites is 2. The van der Waals surface area contributed by atoms with Gasteiger partial charge in [-0.05, 0) is 24.3 Å². The summed E-state index contributed by atoms with van der Waals surface area (Å²) in [5.74, 6) is -1.20. The van der Waals surface area contributed by atoms with Crippen LogP contribution in [0.4, 0.5) is 5.69 Å². The Kier molecular flexibility index (Phi) is 3.80. The van der Waals surface area contributed by atoms with E-state index in [2.05, 4.69) is 5.32 Å². The summed E-state index contributed by atoms with van der Waals surface area (Å²) in [6, 6.07) is 12.9. The van der Waals surface area contributed by atoms with Crippen molar-refractivity contribution in [3.05, 3.63) is 59.7 Å². The summed E-state index contributed by atoms with van der Waals surface area (Å²) >= 11 is 0. The fourth-order valence-electron chi connectivity index (χ4n) is 2.45. The molecule has 116 valence electrons. The Hall–Kier alpha value is -3.15. The third kappa shape index (κ3) is 2.78. The molecule has 6 nitrogen and oxygen atoms in total. The Balaban J connectivity index is 1.63. The third-order valence-electron chi connectivity index (χ3n) is 3.62. The molecule has 0 unspecified atom stereocenters. The first-order chi connectivity index (χ1) is 11.1. The van der Waals surface area contributed by atoms with Gasteiger partial charge < -0.3 is 10.4 Å². The molecule has 0 saturated heterocycles. The number of hydrogen-bond donors (Lipinski definition) is 2. The molecule has 0 fully saturated rings. The lowest BCUT2D eigenvalue weighted by molar-refractivity contribution is -0.116. The molecule has 0 aromatic heterocycles. The molecular weight excluding hydrogens is 296 g/mol. The highest BCUT2D eigenvalue weighted by molar-refractivity contribution is 6.21. The summed E-state index contributed by atoms with van der Waals surface area (Å²) in [4.78, 5) is 37.3. The van der Waals surface area contributed by atoms with Crippen LogP contribution in [0.5, 0.6) is 5.75 Å². The number of carbonyl (C=O) groups excluding carboxylic acids is 3. The van der Waals surface area contributed by atoms with Crippen LogP contribution in [0.1, 0.15) is 27.1 Å². The Bertz CT molecular complexity index is 766. The van der Waals surface area contributed by atoms with Crippen LogP contribution < -0.4 is 5.32 Å². The molecule has 1 heterocycles. The van der Waals surface area contributed by atoms with Gasteiger partial charge in [-0.1, -0.05) is 24.3 Å². The number of nitrogens with one attached hydrogen (secondary N) is 1. The molecule has 0 saturated carbocycles. The summed E-state index contributed by atoms with van der Waals surface area (Å²) in [5.41, 5.74) is 1.01. The molecule has 0 atom stereocenters. The van der Waals surface area contributed by atoms with Crippen LogP contribution in [0.2, 0.25) is 0 Å². The number of hydrogen-bond acceptors (Lipinski definition) is 4. The Morgan fingerprint density at radius 2 is 1.52 bits per heavy atom. The van der Waals surface area contributed by atoms with E-state index in [0.29, 0.717) is 16.8 Å². The lowest BCUT2D eigenvalue weighted by atomic mass is 10.1. The molecule has 2 aromatic carbocycles.